The van der Waals surface area contributed by atoms with Crippen molar-refractivity contribution >= 4 is 29.2 Å². The number of carbonyl (C=O) groups is 2. The molecule has 1 atom stereocenters. The van der Waals surface area contributed by atoms with Crippen molar-refractivity contribution in [2.75, 3.05) is 5.32 Å². The zero-order chi connectivity index (χ0) is 19.3. The Morgan fingerprint density at radius 1 is 1.15 bits per heavy atom. The van der Waals surface area contributed by atoms with Gasteiger partial charge in [-0.1, -0.05) is 29.8 Å². The lowest BCUT2D eigenvalue weighted by molar-refractivity contribution is -0.123. The molecule has 0 fully saturated rings. The van der Waals surface area contributed by atoms with Crippen LogP contribution in [0.3, 0.4) is 0 Å². The zero-order valence-electron chi connectivity index (χ0n) is 14.0. The molecule has 0 aliphatic heterocycles. The molecule has 1 unspecified atom stereocenters. The van der Waals surface area contributed by atoms with Crippen molar-refractivity contribution in [1.29, 1.82) is 0 Å². The molecule has 0 saturated carbocycles. The van der Waals surface area contributed by atoms with Gasteiger partial charge in [-0.2, -0.15) is 8.78 Å². The van der Waals surface area contributed by atoms with Gasteiger partial charge in [0, 0.05) is 5.69 Å². The van der Waals surface area contributed by atoms with Gasteiger partial charge >= 0.3 is 12.6 Å². The van der Waals surface area contributed by atoms with E-state index in [9.17, 15) is 18.4 Å². The maximum Gasteiger partial charge on any atom is 0.387 e. The van der Waals surface area contributed by atoms with E-state index in [0.717, 1.165) is 5.56 Å². The molecule has 138 valence electrons. The van der Waals surface area contributed by atoms with Gasteiger partial charge in [0.1, 0.15) is 5.75 Å². The minimum absolute atomic E-state index is 0.0901. The largest absolute Gasteiger partial charge is 0.449 e. The van der Waals surface area contributed by atoms with Crippen LogP contribution in [0.15, 0.2) is 42.5 Å². The number of carbonyl (C=O) groups excluding carboxylic acids is 2. The van der Waals surface area contributed by atoms with Gasteiger partial charge in [0.05, 0.1) is 10.6 Å². The summed E-state index contributed by atoms with van der Waals surface area (Å²) in [6.07, 6.45) is -1.07. The maximum absolute atomic E-state index is 12.2. The van der Waals surface area contributed by atoms with Crippen molar-refractivity contribution in [2.45, 2.75) is 26.6 Å². The highest BCUT2D eigenvalue weighted by atomic mass is 35.5. The highest BCUT2D eigenvalue weighted by Crippen LogP contribution is 2.29. The fraction of sp³-hybridized carbons (Fsp3) is 0.222. The van der Waals surface area contributed by atoms with Crippen LogP contribution >= 0.6 is 11.6 Å². The summed E-state index contributed by atoms with van der Waals surface area (Å²) in [6.45, 7) is 0.169. The van der Waals surface area contributed by atoms with Crippen LogP contribution in [0.4, 0.5) is 14.5 Å². The topological polar surface area (TPSA) is 64.6 Å². The van der Waals surface area contributed by atoms with Crippen LogP contribution in [0, 0.1) is 6.92 Å². The molecule has 2 aromatic carbocycles. The first-order valence-corrected chi connectivity index (χ1v) is 7.97. The number of alkyl halides is 2. The van der Waals surface area contributed by atoms with Crippen molar-refractivity contribution in [3.05, 3.63) is 58.6 Å². The normalized spacial score (nSPS) is 11.8. The van der Waals surface area contributed by atoms with Crippen LogP contribution < -0.4 is 10.1 Å². The van der Waals surface area contributed by atoms with Gasteiger partial charge in [0.25, 0.3) is 5.91 Å². The molecular formula is C18H16ClF2NO4. The molecule has 0 saturated heterocycles. The lowest BCUT2D eigenvalue weighted by Gasteiger charge is -2.15. The van der Waals surface area contributed by atoms with E-state index < -0.39 is 24.6 Å². The van der Waals surface area contributed by atoms with Gasteiger partial charge in [-0.15, -0.1) is 0 Å². The number of amides is 1. The van der Waals surface area contributed by atoms with Gasteiger partial charge in [0.15, 0.2) is 6.10 Å². The van der Waals surface area contributed by atoms with E-state index in [4.69, 9.17) is 16.3 Å². The molecule has 2 rings (SSSR count). The molecule has 1 amide bonds. The maximum atomic E-state index is 12.2. The van der Waals surface area contributed by atoms with E-state index in [1.807, 2.05) is 0 Å². The predicted molar refractivity (Wildman–Crippen MR) is 92.8 cm³/mol. The summed E-state index contributed by atoms with van der Waals surface area (Å²) in [7, 11) is 0. The number of esters is 1. The fourth-order valence-electron chi connectivity index (χ4n) is 2.09. The molecule has 0 radical (unpaired) electrons. The summed E-state index contributed by atoms with van der Waals surface area (Å²) in [6, 6.07) is 10.6. The van der Waals surface area contributed by atoms with Gasteiger partial charge in [0.2, 0.25) is 0 Å². The summed E-state index contributed by atoms with van der Waals surface area (Å²) in [5.74, 6) is -1.42. The molecule has 0 spiro atoms. The SMILES string of the molecule is Cc1ccccc1C(=O)OC(C)C(=O)Nc1ccc(OC(F)F)c(Cl)c1. The number of halogens is 3. The van der Waals surface area contributed by atoms with Crippen LogP contribution in [0.1, 0.15) is 22.8 Å². The molecule has 1 N–H and O–H groups in total. The molecule has 2 aromatic rings. The lowest BCUT2D eigenvalue weighted by atomic mass is 10.1. The predicted octanol–water partition coefficient (Wildman–Crippen LogP) is 4.43. The molecule has 8 heteroatoms. The average Bonchev–Trinajstić information content (AvgIpc) is 2.57. The van der Waals surface area contributed by atoms with Crippen molar-refractivity contribution in [2.24, 2.45) is 0 Å². The second-order valence-corrected chi connectivity index (χ2v) is 5.78. The van der Waals surface area contributed by atoms with Gasteiger partial charge < -0.3 is 14.8 Å². The number of benzene rings is 2. The smallest absolute Gasteiger partial charge is 0.387 e. The number of hydrogen-bond acceptors (Lipinski definition) is 4. The number of ether oxygens (including phenoxy) is 2. The van der Waals surface area contributed by atoms with Gasteiger partial charge in [-0.05, 0) is 43.7 Å². The van der Waals surface area contributed by atoms with Gasteiger partial charge in [-0.3, -0.25) is 4.79 Å². The Bertz CT molecular complexity index is 814. The number of nitrogens with one attached hydrogen (secondary N) is 1. The van der Waals surface area contributed by atoms with Crippen molar-refractivity contribution in [3.8, 4) is 5.75 Å². The Kier molecular flexibility index (Phi) is 6.52. The first-order valence-electron chi connectivity index (χ1n) is 7.59. The molecule has 0 bridgehead atoms. The van der Waals surface area contributed by atoms with E-state index in [-0.39, 0.29) is 16.5 Å². The van der Waals surface area contributed by atoms with Crippen LogP contribution in [-0.2, 0) is 9.53 Å². The molecular weight excluding hydrogens is 368 g/mol. The van der Waals surface area contributed by atoms with Crippen molar-refractivity contribution in [3.63, 3.8) is 0 Å². The third-order valence-electron chi connectivity index (χ3n) is 3.43. The molecule has 26 heavy (non-hydrogen) atoms. The first kappa shape index (κ1) is 19.7. The highest BCUT2D eigenvalue weighted by molar-refractivity contribution is 6.32. The molecule has 0 aliphatic rings. The van der Waals surface area contributed by atoms with E-state index in [2.05, 4.69) is 10.1 Å². The summed E-state index contributed by atoms with van der Waals surface area (Å²) in [5.41, 5.74) is 1.34. The number of anilines is 1. The number of hydrogen-bond donors (Lipinski definition) is 1. The Morgan fingerprint density at radius 3 is 2.46 bits per heavy atom. The van der Waals surface area contributed by atoms with E-state index in [0.29, 0.717) is 5.56 Å². The minimum atomic E-state index is -3.01. The third-order valence-corrected chi connectivity index (χ3v) is 3.73. The highest BCUT2D eigenvalue weighted by Gasteiger charge is 2.20. The fourth-order valence-corrected chi connectivity index (χ4v) is 2.32. The monoisotopic (exact) mass is 383 g/mol. The molecule has 0 aliphatic carbocycles. The standard InChI is InChI=1S/C18H16ClF2NO4/c1-10-5-3-4-6-13(10)17(24)25-11(2)16(23)22-12-7-8-15(14(19)9-12)26-18(20)21/h3-9,11,18H,1-2H3,(H,22,23). The first-order chi connectivity index (χ1) is 12.3. The second-order valence-electron chi connectivity index (χ2n) is 5.38. The molecule has 5 nitrogen and oxygen atoms in total. The minimum Gasteiger partial charge on any atom is -0.449 e. The Balaban J connectivity index is 2.00. The number of aryl methyl sites for hydroxylation is 1. The van der Waals surface area contributed by atoms with E-state index in [1.54, 1.807) is 31.2 Å². The average molecular weight is 384 g/mol. The summed E-state index contributed by atoms with van der Waals surface area (Å²) in [5, 5.41) is 2.40. The van der Waals surface area contributed by atoms with Crippen molar-refractivity contribution in [1.82, 2.24) is 0 Å². The second kappa shape index (κ2) is 8.62. The Hall–Kier alpha value is -2.67. The van der Waals surface area contributed by atoms with Crippen molar-refractivity contribution < 1.29 is 27.8 Å². The zero-order valence-corrected chi connectivity index (χ0v) is 14.7. The Morgan fingerprint density at radius 2 is 1.85 bits per heavy atom. The van der Waals surface area contributed by atoms with E-state index >= 15 is 0 Å². The van der Waals surface area contributed by atoms with E-state index in [1.165, 1.54) is 25.1 Å². The molecule has 0 aromatic heterocycles. The van der Waals surface area contributed by atoms with Crippen LogP contribution in [0.25, 0.3) is 0 Å². The molecule has 0 heterocycles. The van der Waals surface area contributed by atoms with Crippen LogP contribution in [-0.4, -0.2) is 24.6 Å². The quantitative estimate of drug-likeness (QED) is 0.749. The van der Waals surface area contributed by atoms with Crippen LogP contribution in [0.5, 0.6) is 5.75 Å². The number of rotatable bonds is 6. The Labute approximate surface area is 153 Å². The summed E-state index contributed by atoms with van der Waals surface area (Å²) in [4.78, 5) is 24.3. The summed E-state index contributed by atoms with van der Waals surface area (Å²) >= 11 is 5.82. The third kappa shape index (κ3) is 5.16. The van der Waals surface area contributed by atoms with Crippen LogP contribution in [0.2, 0.25) is 5.02 Å². The summed E-state index contributed by atoms with van der Waals surface area (Å²) < 4.78 is 33.8. The van der Waals surface area contributed by atoms with Gasteiger partial charge in [-0.25, -0.2) is 4.79 Å². The lowest BCUT2D eigenvalue weighted by Crippen LogP contribution is -2.30.